The molecule has 0 aliphatic heterocycles. The minimum atomic E-state index is -1.72. The molecule has 0 spiro atoms. The van der Waals surface area contributed by atoms with Gasteiger partial charge in [0, 0.05) is 25.4 Å². The monoisotopic (exact) mass is 319 g/mol. The summed E-state index contributed by atoms with van der Waals surface area (Å²) in [6.07, 6.45) is 3.58. The average molecular weight is 319 g/mol. The Balaban J connectivity index is 2.98. The van der Waals surface area contributed by atoms with Gasteiger partial charge in [0.25, 0.3) is 0 Å². The van der Waals surface area contributed by atoms with Crippen LogP contribution in [-0.4, -0.2) is 35.7 Å². The van der Waals surface area contributed by atoms with Gasteiger partial charge in [-0.25, -0.2) is 4.39 Å². The van der Waals surface area contributed by atoms with Crippen molar-refractivity contribution < 1.29 is 19.2 Å². The van der Waals surface area contributed by atoms with E-state index in [-0.39, 0.29) is 11.2 Å². The predicted molar refractivity (Wildman–Crippen MR) is 90.8 cm³/mol. The van der Waals surface area contributed by atoms with Gasteiger partial charge in [0.2, 0.25) is 0 Å². The van der Waals surface area contributed by atoms with Crippen molar-refractivity contribution in [2.24, 2.45) is 0 Å². The van der Waals surface area contributed by atoms with Crippen LogP contribution in [0.3, 0.4) is 0 Å². The second-order valence-corrected chi connectivity index (χ2v) is 5.12. The molecule has 4 nitrogen and oxygen atoms in total. The largest absolute Gasteiger partial charge is 0.488 e. The first-order valence-corrected chi connectivity index (χ1v) is 7.58. The molecule has 0 atom stereocenters. The molecule has 1 aromatic rings. The number of rotatable bonds is 8. The third-order valence-corrected chi connectivity index (χ3v) is 3.36. The van der Waals surface area contributed by atoms with Crippen molar-refractivity contribution in [1.29, 1.82) is 0 Å². The molecule has 1 rings (SSSR count). The maximum atomic E-state index is 14.0. The summed E-state index contributed by atoms with van der Waals surface area (Å²) in [5.74, 6) is -0.400. The van der Waals surface area contributed by atoms with Gasteiger partial charge in [0.15, 0.2) is 17.3 Å². The van der Waals surface area contributed by atoms with Gasteiger partial charge in [0.05, 0.1) is 0 Å². The Bertz CT molecular complexity index is 610. The molecule has 1 aromatic carbocycles. The quantitative estimate of drug-likeness (QED) is 0.334. The maximum Gasteiger partial charge on any atom is 0.488 e. The molecule has 124 valence electrons. The molecular formula is C17H23BFNO3. The second-order valence-electron chi connectivity index (χ2n) is 5.12. The number of nitrogens with zero attached hydrogens (tertiary/aromatic N) is 1. The van der Waals surface area contributed by atoms with Gasteiger partial charge in [-0.1, -0.05) is 32.2 Å². The van der Waals surface area contributed by atoms with Crippen LogP contribution in [-0.2, 0) is 0 Å². The number of benzene rings is 1. The van der Waals surface area contributed by atoms with E-state index >= 15 is 0 Å². The van der Waals surface area contributed by atoms with Gasteiger partial charge in [-0.2, -0.15) is 0 Å². The molecule has 23 heavy (non-hydrogen) atoms. The van der Waals surface area contributed by atoms with Crippen molar-refractivity contribution in [3.8, 4) is 5.75 Å². The second kappa shape index (κ2) is 9.21. The number of allylic oxidation sites excluding steroid dienone is 2. The first-order valence-electron chi connectivity index (χ1n) is 7.58. The summed E-state index contributed by atoms with van der Waals surface area (Å²) in [6, 6.07) is 3.75. The Labute approximate surface area is 137 Å². The Morgan fingerprint density at radius 1 is 1.43 bits per heavy atom. The molecule has 0 saturated heterocycles. The van der Waals surface area contributed by atoms with Crippen LogP contribution in [0.4, 0.5) is 4.39 Å². The van der Waals surface area contributed by atoms with E-state index in [4.69, 9.17) is 14.8 Å². The molecule has 6 heteroatoms. The first-order chi connectivity index (χ1) is 10.9. The van der Waals surface area contributed by atoms with Crippen molar-refractivity contribution >= 4 is 12.6 Å². The van der Waals surface area contributed by atoms with Crippen molar-refractivity contribution in [3.05, 3.63) is 53.9 Å². The molecule has 0 fully saturated rings. The predicted octanol–water partition coefficient (Wildman–Crippen LogP) is 2.19. The zero-order valence-corrected chi connectivity index (χ0v) is 13.8. The van der Waals surface area contributed by atoms with E-state index in [9.17, 15) is 4.39 Å². The summed E-state index contributed by atoms with van der Waals surface area (Å²) in [6.45, 7) is 8.60. The molecule has 0 saturated carbocycles. The van der Waals surface area contributed by atoms with Crippen LogP contribution < -0.4 is 10.2 Å². The standard InChI is InChI=1S/C17H23BFNO3/c1-5-10-20(4)14(6-2)12-15(7-3)23-17-9-8-13(18(21)22)11-16(17)19/h8-9,11-12,21-22H,3,5-6,10H2,1-2,4H3/b14-12+. The highest BCUT2D eigenvalue weighted by atomic mass is 19.1. The van der Waals surface area contributed by atoms with Crippen LogP contribution in [0.15, 0.2) is 48.0 Å². The van der Waals surface area contributed by atoms with E-state index in [1.165, 1.54) is 12.1 Å². The van der Waals surface area contributed by atoms with Gasteiger partial charge in [-0.15, -0.1) is 0 Å². The molecule has 0 bridgehead atoms. The minimum Gasteiger partial charge on any atom is -0.446 e. The fourth-order valence-electron chi connectivity index (χ4n) is 2.11. The van der Waals surface area contributed by atoms with Crippen molar-refractivity contribution in [1.82, 2.24) is 4.90 Å². The van der Waals surface area contributed by atoms with Crippen LogP contribution in [0.25, 0.3) is 0 Å². The average Bonchev–Trinajstić information content (AvgIpc) is 2.52. The summed E-state index contributed by atoms with van der Waals surface area (Å²) in [4.78, 5) is 2.10. The molecule has 0 heterocycles. The molecule has 0 unspecified atom stereocenters. The minimum absolute atomic E-state index is 0.0228. The summed E-state index contributed by atoms with van der Waals surface area (Å²) in [5, 5.41) is 18.1. The molecule has 0 amide bonds. The molecule has 0 aliphatic carbocycles. The zero-order chi connectivity index (χ0) is 17.4. The van der Waals surface area contributed by atoms with Gasteiger partial charge >= 0.3 is 7.12 Å². The van der Waals surface area contributed by atoms with Crippen molar-refractivity contribution in [3.63, 3.8) is 0 Å². The van der Waals surface area contributed by atoms with Crippen molar-refractivity contribution in [2.75, 3.05) is 13.6 Å². The highest BCUT2D eigenvalue weighted by Crippen LogP contribution is 2.19. The van der Waals surface area contributed by atoms with Crippen LogP contribution in [0, 0.1) is 5.82 Å². The van der Waals surface area contributed by atoms with E-state index in [0.717, 1.165) is 31.1 Å². The summed E-state index contributed by atoms with van der Waals surface area (Å²) >= 11 is 0. The zero-order valence-electron chi connectivity index (χ0n) is 13.8. The Kier molecular flexibility index (Phi) is 7.62. The Morgan fingerprint density at radius 2 is 2.13 bits per heavy atom. The first kappa shape index (κ1) is 19.0. The molecular weight excluding hydrogens is 296 g/mol. The van der Waals surface area contributed by atoms with E-state index in [0.29, 0.717) is 5.76 Å². The number of hydrogen-bond donors (Lipinski definition) is 2. The SMILES string of the molecule is C=C=C(/C=C(\CC)N(C)CCC)Oc1ccc(B(O)O)cc1F. The highest BCUT2D eigenvalue weighted by molar-refractivity contribution is 6.58. The number of ether oxygens (including phenoxy) is 1. The lowest BCUT2D eigenvalue weighted by Gasteiger charge is -2.21. The fourth-order valence-corrected chi connectivity index (χ4v) is 2.11. The van der Waals surface area contributed by atoms with Crippen LogP contribution in [0.2, 0.25) is 0 Å². The van der Waals surface area contributed by atoms with E-state index < -0.39 is 12.9 Å². The summed E-state index contributed by atoms with van der Waals surface area (Å²) in [5.41, 5.74) is 3.74. The maximum absolute atomic E-state index is 14.0. The molecule has 0 aliphatic rings. The molecule has 0 aromatic heterocycles. The normalized spacial score (nSPS) is 11.0. The fraction of sp³-hybridized carbons (Fsp3) is 0.353. The Hall–Kier alpha value is -2.01. The van der Waals surface area contributed by atoms with E-state index in [1.807, 2.05) is 14.0 Å². The lowest BCUT2D eigenvalue weighted by Crippen LogP contribution is -2.29. The van der Waals surface area contributed by atoms with Crippen molar-refractivity contribution in [2.45, 2.75) is 26.7 Å². The van der Waals surface area contributed by atoms with Crippen LogP contribution in [0.5, 0.6) is 5.75 Å². The van der Waals surface area contributed by atoms with E-state index in [1.54, 1.807) is 6.08 Å². The number of halogens is 1. The van der Waals surface area contributed by atoms with E-state index in [2.05, 4.69) is 24.1 Å². The van der Waals surface area contributed by atoms with Gasteiger partial charge < -0.3 is 19.7 Å². The lowest BCUT2D eigenvalue weighted by molar-refractivity contribution is 0.387. The van der Waals surface area contributed by atoms with Crippen LogP contribution in [0.1, 0.15) is 26.7 Å². The smallest absolute Gasteiger partial charge is 0.446 e. The number of hydrogen-bond acceptors (Lipinski definition) is 4. The topological polar surface area (TPSA) is 52.9 Å². The lowest BCUT2D eigenvalue weighted by atomic mass is 9.80. The van der Waals surface area contributed by atoms with Gasteiger partial charge in [-0.05, 0) is 30.4 Å². The van der Waals surface area contributed by atoms with Gasteiger partial charge in [0.1, 0.15) is 0 Å². The molecule has 2 N–H and O–H groups in total. The van der Waals surface area contributed by atoms with Gasteiger partial charge in [-0.3, -0.25) is 0 Å². The highest BCUT2D eigenvalue weighted by Gasteiger charge is 2.15. The Morgan fingerprint density at radius 3 is 2.61 bits per heavy atom. The summed E-state index contributed by atoms with van der Waals surface area (Å²) < 4.78 is 19.5. The van der Waals surface area contributed by atoms with Crippen LogP contribution >= 0.6 is 0 Å². The summed E-state index contributed by atoms with van der Waals surface area (Å²) in [7, 11) is 0.264. The third kappa shape index (κ3) is 5.60. The third-order valence-electron chi connectivity index (χ3n) is 3.36. The molecule has 0 radical (unpaired) electrons.